The number of carbonyl (C=O) groups excluding carboxylic acids is 1. The van der Waals surface area contributed by atoms with Crippen molar-refractivity contribution in [2.45, 2.75) is 6.92 Å². The fraction of sp³-hybridized carbons (Fsp3) is 0.100. The molecule has 16 heavy (non-hydrogen) atoms. The van der Waals surface area contributed by atoms with Crippen LogP contribution in [0.1, 0.15) is 5.56 Å². The van der Waals surface area contributed by atoms with E-state index < -0.39 is 40.6 Å². The van der Waals surface area contributed by atoms with Crippen LogP contribution in [0.4, 0.5) is 17.6 Å². The summed E-state index contributed by atoms with van der Waals surface area (Å²) in [6.45, 7) is 3.88. The first-order valence-corrected chi connectivity index (χ1v) is 4.07. The van der Waals surface area contributed by atoms with Gasteiger partial charge in [0.15, 0.2) is 17.5 Å². The number of hydrogen-bond acceptors (Lipinski definition) is 2. The number of ether oxygens (including phenoxy) is 1. The van der Waals surface area contributed by atoms with Gasteiger partial charge in [-0.15, -0.1) is 0 Å². The minimum absolute atomic E-state index is 0.634. The third-order valence-corrected chi connectivity index (χ3v) is 1.81. The van der Waals surface area contributed by atoms with Crippen LogP contribution in [-0.2, 0) is 4.79 Å². The summed E-state index contributed by atoms with van der Waals surface area (Å²) in [6, 6.07) is 0. The van der Waals surface area contributed by atoms with Gasteiger partial charge in [-0.3, -0.25) is 0 Å². The highest BCUT2D eigenvalue weighted by Crippen LogP contribution is 2.29. The second kappa shape index (κ2) is 4.34. The third kappa shape index (κ3) is 1.91. The minimum atomic E-state index is -1.90. The van der Waals surface area contributed by atoms with E-state index in [-0.39, 0.29) is 0 Å². The molecule has 0 fully saturated rings. The predicted molar refractivity (Wildman–Crippen MR) is 46.8 cm³/mol. The van der Waals surface area contributed by atoms with Crippen LogP contribution < -0.4 is 4.74 Å². The zero-order chi connectivity index (χ0) is 12.5. The van der Waals surface area contributed by atoms with Gasteiger partial charge in [0.25, 0.3) is 0 Å². The monoisotopic (exact) mass is 234 g/mol. The van der Waals surface area contributed by atoms with Crippen molar-refractivity contribution in [1.29, 1.82) is 0 Å². The molecular weight excluding hydrogens is 228 g/mol. The van der Waals surface area contributed by atoms with Crippen LogP contribution in [0.3, 0.4) is 0 Å². The van der Waals surface area contributed by atoms with Gasteiger partial charge in [0.2, 0.25) is 11.6 Å². The van der Waals surface area contributed by atoms with Gasteiger partial charge in [-0.1, -0.05) is 6.58 Å². The maximum Gasteiger partial charge on any atom is 0.335 e. The van der Waals surface area contributed by atoms with E-state index in [0.29, 0.717) is 6.08 Å². The number of rotatable bonds is 2. The van der Waals surface area contributed by atoms with Crippen LogP contribution in [0.2, 0.25) is 0 Å². The lowest BCUT2D eigenvalue weighted by Crippen LogP contribution is -2.10. The van der Waals surface area contributed by atoms with Gasteiger partial charge in [0.1, 0.15) is 0 Å². The molecular formula is C10H6F4O2. The van der Waals surface area contributed by atoms with Crippen molar-refractivity contribution in [1.82, 2.24) is 0 Å². The van der Waals surface area contributed by atoms with Crippen molar-refractivity contribution >= 4 is 5.97 Å². The maximum atomic E-state index is 13.2. The highest BCUT2D eigenvalue weighted by atomic mass is 19.2. The van der Waals surface area contributed by atoms with E-state index in [1.54, 1.807) is 0 Å². The van der Waals surface area contributed by atoms with Gasteiger partial charge in [-0.05, 0) is 6.92 Å². The molecule has 0 N–H and O–H groups in total. The van der Waals surface area contributed by atoms with Crippen molar-refractivity contribution in [3.8, 4) is 5.75 Å². The van der Waals surface area contributed by atoms with Crippen LogP contribution >= 0.6 is 0 Å². The summed E-state index contributed by atoms with van der Waals surface area (Å²) in [7, 11) is 0. The van der Waals surface area contributed by atoms with E-state index in [4.69, 9.17) is 0 Å². The number of hydrogen-bond donors (Lipinski definition) is 0. The lowest BCUT2D eigenvalue weighted by molar-refractivity contribution is -0.129. The molecule has 1 rings (SSSR count). The summed E-state index contributed by atoms with van der Waals surface area (Å²) >= 11 is 0. The smallest absolute Gasteiger partial charge is 0.335 e. The van der Waals surface area contributed by atoms with E-state index in [1.807, 2.05) is 0 Å². The largest absolute Gasteiger partial charge is 0.417 e. The Hall–Kier alpha value is -1.85. The second-order valence-electron chi connectivity index (χ2n) is 2.84. The molecule has 2 nitrogen and oxygen atoms in total. The van der Waals surface area contributed by atoms with Crippen molar-refractivity contribution in [3.05, 3.63) is 41.5 Å². The Morgan fingerprint density at radius 2 is 1.69 bits per heavy atom. The van der Waals surface area contributed by atoms with E-state index >= 15 is 0 Å². The standard InChI is InChI=1S/C10H6F4O2/c1-3-5(15)16-10-7(12)4(2)6(11)8(13)9(10)14/h3H,1H2,2H3. The molecule has 0 saturated heterocycles. The summed E-state index contributed by atoms with van der Waals surface area (Å²) in [6.07, 6.45) is 0.634. The van der Waals surface area contributed by atoms with E-state index in [0.717, 1.165) is 6.92 Å². The Bertz CT molecular complexity index is 439. The molecule has 86 valence electrons. The first-order valence-electron chi connectivity index (χ1n) is 4.07. The van der Waals surface area contributed by atoms with Crippen LogP contribution in [0, 0.1) is 30.2 Å². The molecule has 0 radical (unpaired) electrons. The molecule has 6 heteroatoms. The second-order valence-corrected chi connectivity index (χ2v) is 2.84. The van der Waals surface area contributed by atoms with Gasteiger partial charge >= 0.3 is 5.97 Å². The average molecular weight is 234 g/mol. The van der Waals surface area contributed by atoms with Crippen molar-refractivity contribution in [2.75, 3.05) is 0 Å². The lowest BCUT2D eigenvalue weighted by atomic mass is 10.2. The molecule has 0 spiro atoms. The zero-order valence-corrected chi connectivity index (χ0v) is 8.11. The quantitative estimate of drug-likeness (QED) is 0.196. The lowest BCUT2D eigenvalue weighted by Gasteiger charge is -2.08. The first kappa shape index (κ1) is 12.2. The van der Waals surface area contributed by atoms with Gasteiger partial charge in [0.05, 0.1) is 0 Å². The summed E-state index contributed by atoms with van der Waals surface area (Å²) in [5, 5.41) is 0. The molecule has 1 aromatic carbocycles. The Kier molecular flexibility index (Phi) is 3.31. The molecule has 0 amide bonds. The number of halogens is 4. The first-order chi connectivity index (χ1) is 7.40. The predicted octanol–water partition coefficient (Wildman–Crippen LogP) is 2.64. The Morgan fingerprint density at radius 3 is 2.19 bits per heavy atom. The van der Waals surface area contributed by atoms with Crippen molar-refractivity contribution < 1.29 is 27.1 Å². The SMILES string of the molecule is C=CC(=O)Oc1c(F)c(C)c(F)c(F)c1F. The molecule has 0 aliphatic carbocycles. The third-order valence-electron chi connectivity index (χ3n) is 1.81. The van der Waals surface area contributed by atoms with E-state index in [2.05, 4.69) is 11.3 Å². The molecule has 0 aromatic heterocycles. The topological polar surface area (TPSA) is 26.3 Å². The van der Waals surface area contributed by atoms with Gasteiger partial charge in [-0.2, -0.15) is 4.39 Å². The molecule has 0 saturated carbocycles. The maximum absolute atomic E-state index is 13.2. The highest BCUT2D eigenvalue weighted by Gasteiger charge is 2.25. The minimum Gasteiger partial charge on any atom is -0.417 e. The fourth-order valence-corrected chi connectivity index (χ4v) is 0.956. The van der Waals surface area contributed by atoms with Crippen LogP contribution in [0.25, 0.3) is 0 Å². The van der Waals surface area contributed by atoms with Crippen molar-refractivity contribution in [3.63, 3.8) is 0 Å². The molecule has 0 unspecified atom stereocenters. The molecule has 0 heterocycles. The normalized spacial score (nSPS) is 10.1. The van der Waals surface area contributed by atoms with Gasteiger partial charge in [0, 0.05) is 11.6 Å². The Balaban J connectivity index is 3.39. The van der Waals surface area contributed by atoms with Crippen LogP contribution in [-0.4, -0.2) is 5.97 Å². The fourth-order valence-electron chi connectivity index (χ4n) is 0.956. The molecule has 0 aliphatic heterocycles. The summed E-state index contributed by atoms with van der Waals surface area (Å²) in [5.41, 5.74) is -0.772. The molecule has 0 aliphatic rings. The average Bonchev–Trinajstić information content (AvgIpc) is 2.29. The van der Waals surface area contributed by atoms with Crippen LogP contribution in [0.15, 0.2) is 12.7 Å². The zero-order valence-electron chi connectivity index (χ0n) is 8.11. The van der Waals surface area contributed by atoms with Gasteiger partial charge in [-0.25, -0.2) is 18.0 Å². The summed E-state index contributed by atoms with van der Waals surface area (Å²) in [4.78, 5) is 10.7. The Morgan fingerprint density at radius 1 is 1.12 bits per heavy atom. The molecule has 0 atom stereocenters. The highest BCUT2D eigenvalue weighted by molar-refractivity contribution is 5.83. The van der Waals surface area contributed by atoms with Gasteiger partial charge < -0.3 is 4.74 Å². The van der Waals surface area contributed by atoms with Crippen molar-refractivity contribution in [2.24, 2.45) is 0 Å². The molecule has 1 aromatic rings. The Labute approximate surface area is 88.1 Å². The summed E-state index contributed by atoms with van der Waals surface area (Å²) < 4.78 is 56.1. The number of carbonyl (C=O) groups is 1. The molecule has 0 bridgehead atoms. The van der Waals surface area contributed by atoms with Crippen LogP contribution in [0.5, 0.6) is 5.75 Å². The van der Waals surface area contributed by atoms with E-state index in [1.165, 1.54) is 0 Å². The van der Waals surface area contributed by atoms with E-state index in [9.17, 15) is 22.4 Å². The number of benzene rings is 1. The summed E-state index contributed by atoms with van der Waals surface area (Å²) in [5.74, 6) is -9.37. The number of esters is 1.